The molecule has 0 aliphatic carbocycles. The quantitative estimate of drug-likeness (QED) is 0.525. The van der Waals surface area contributed by atoms with Gasteiger partial charge < -0.3 is 17.2 Å². The molecule has 0 bridgehead atoms. The molecular weight excluding hydrogens is 162 g/mol. The number of nitrogens with two attached hydrogens (primary N) is 3. The van der Waals surface area contributed by atoms with Gasteiger partial charge in [-0.1, -0.05) is 12.1 Å². The summed E-state index contributed by atoms with van der Waals surface area (Å²) in [6.45, 7) is 0. The summed E-state index contributed by atoms with van der Waals surface area (Å²) in [6.07, 6.45) is 0. The predicted molar refractivity (Wildman–Crippen MR) is 56.0 cm³/mol. The Kier molecular flexibility index (Phi) is 1.52. The van der Waals surface area contributed by atoms with Crippen molar-refractivity contribution in [1.82, 2.24) is 0 Å². The first kappa shape index (κ1) is 7.73. The molecule has 0 atom stereocenters. The van der Waals surface area contributed by atoms with Gasteiger partial charge in [0.1, 0.15) is 0 Å². The molecule has 0 amide bonds. The third kappa shape index (κ3) is 1.05. The van der Waals surface area contributed by atoms with E-state index in [4.69, 9.17) is 17.2 Å². The summed E-state index contributed by atoms with van der Waals surface area (Å²) >= 11 is 0. The van der Waals surface area contributed by atoms with Gasteiger partial charge in [-0.25, -0.2) is 0 Å². The van der Waals surface area contributed by atoms with Crippen LogP contribution in [-0.4, -0.2) is 0 Å². The average molecular weight is 172 g/mol. The van der Waals surface area contributed by atoms with Gasteiger partial charge >= 0.3 is 0 Å². The summed E-state index contributed by atoms with van der Waals surface area (Å²) in [6, 6.07) is 10.2. The molecule has 2 aromatic carbocycles. The maximum atomic E-state index is 5.79. The predicted octanol–water partition coefficient (Wildman–Crippen LogP) is 1.39. The summed E-state index contributed by atoms with van der Waals surface area (Å²) < 4.78 is 0. The molecule has 3 heteroatoms. The lowest BCUT2D eigenvalue weighted by molar-refractivity contribution is 1.69. The van der Waals surface area contributed by atoms with Gasteiger partial charge in [-0.15, -0.1) is 0 Å². The minimum atomic E-state index is 0.519. The molecule has 0 heterocycles. The molecule has 2 aromatic rings. The van der Waals surface area contributed by atoms with E-state index in [0.717, 1.165) is 10.8 Å². The molecule has 1 radical (unpaired) electrons. The summed E-state index contributed by atoms with van der Waals surface area (Å²) in [7, 11) is 0. The fourth-order valence-corrected chi connectivity index (χ4v) is 1.37. The van der Waals surface area contributed by atoms with E-state index < -0.39 is 0 Å². The zero-order valence-electron chi connectivity index (χ0n) is 7.04. The number of anilines is 3. The Morgan fingerprint density at radius 3 is 2.54 bits per heavy atom. The Hall–Kier alpha value is -1.90. The van der Waals surface area contributed by atoms with Crippen LogP contribution in [0, 0.1) is 6.07 Å². The van der Waals surface area contributed by atoms with Crippen molar-refractivity contribution in [1.29, 1.82) is 0 Å². The third-order valence-electron chi connectivity index (χ3n) is 2.06. The summed E-state index contributed by atoms with van der Waals surface area (Å²) in [5, 5.41) is 1.69. The molecule has 3 nitrogen and oxygen atoms in total. The average Bonchev–Trinajstić information content (AvgIpc) is 2.12. The molecule has 0 aliphatic rings. The molecule has 0 fully saturated rings. The molecule has 2 rings (SSSR count). The van der Waals surface area contributed by atoms with E-state index in [1.165, 1.54) is 0 Å². The van der Waals surface area contributed by atoms with Gasteiger partial charge in [0, 0.05) is 11.1 Å². The van der Waals surface area contributed by atoms with Gasteiger partial charge in [0.2, 0.25) is 0 Å². The van der Waals surface area contributed by atoms with Crippen LogP contribution in [0.3, 0.4) is 0 Å². The van der Waals surface area contributed by atoms with Gasteiger partial charge in [-0.3, -0.25) is 0 Å². The topological polar surface area (TPSA) is 78.1 Å². The molecule has 0 unspecified atom stereocenters. The van der Waals surface area contributed by atoms with Crippen molar-refractivity contribution in [2.45, 2.75) is 0 Å². The van der Waals surface area contributed by atoms with Crippen LogP contribution in [0.5, 0.6) is 0 Å². The van der Waals surface area contributed by atoms with Gasteiger partial charge in [0.05, 0.1) is 11.4 Å². The Morgan fingerprint density at radius 1 is 1.00 bits per heavy atom. The highest BCUT2D eigenvalue weighted by Crippen LogP contribution is 2.30. The zero-order valence-corrected chi connectivity index (χ0v) is 7.04. The fourth-order valence-electron chi connectivity index (χ4n) is 1.37. The van der Waals surface area contributed by atoms with E-state index >= 15 is 0 Å². The van der Waals surface area contributed by atoms with Crippen molar-refractivity contribution in [3.05, 3.63) is 30.3 Å². The SMILES string of the molecule is Nc1c[c]c2cccc(N)c2c1N. The molecule has 0 saturated carbocycles. The third-order valence-corrected chi connectivity index (χ3v) is 2.06. The minimum Gasteiger partial charge on any atom is -0.398 e. The Labute approximate surface area is 76.1 Å². The normalized spacial score (nSPS) is 10.5. The van der Waals surface area contributed by atoms with E-state index in [1.807, 2.05) is 12.1 Å². The Balaban J connectivity index is 2.97. The molecular formula is C10H10N3. The molecule has 0 aliphatic heterocycles. The maximum Gasteiger partial charge on any atom is 0.0648 e. The lowest BCUT2D eigenvalue weighted by atomic mass is 10.1. The van der Waals surface area contributed by atoms with Crippen molar-refractivity contribution in [3.8, 4) is 0 Å². The van der Waals surface area contributed by atoms with Gasteiger partial charge in [0.15, 0.2) is 0 Å². The van der Waals surface area contributed by atoms with Crippen molar-refractivity contribution in [3.63, 3.8) is 0 Å². The number of benzene rings is 2. The molecule has 0 spiro atoms. The second kappa shape index (κ2) is 2.55. The molecule has 6 N–H and O–H groups in total. The van der Waals surface area contributed by atoms with Crippen LogP contribution in [0.25, 0.3) is 10.8 Å². The molecule has 0 saturated heterocycles. The summed E-state index contributed by atoms with van der Waals surface area (Å²) in [5.74, 6) is 0. The van der Waals surface area contributed by atoms with Gasteiger partial charge in [-0.2, -0.15) is 0 Å². The second-order valence-corrected chi connectivity index (χ2v) is 2.93. The molecule has 0 aromatic heterocycles. The minimum absolute atomic E-state index is 0.519. The highest BCUT2D eigenvalue weighted by Gasteiger charge is 2.03. The van der Waals surface area contributed by atoms with Crippen molar-refractivity contribution >= 4 is 27.8 Å². The number of rotatable bonds is 0. The highest BCUT2D eigenvalue weighted by atomic mass is 14.7. The van der Waals surface area contributed by atoms with E-state index in [-0.39, 0.29) is 0 Å². The van der Waals surface area contributed by atoms with Crippen LogP contribution < -0.4 is 17.2 Å². The van der Waals surface area contributed by atoms with Crippen LogP contribution in [0.4, 0.5) is 17.1 Å². The van der Waals surface area contributed by atoms with Crippen molar-refractivity contribution in [2.24, 2.45) is 0 Å². The van der Waals surface area contributed by atoms with E-state index in [0.29, 0.717) is 17.1 Å². The van der Waals surface area contributed by atoms with E-state index in [2.05, 4.69) is 6.07 Å². The first-order valence-electron chi connectivity index (χ1n) is 3.94. The van der Waals surface area contributed by atoms with Crippen LogP contribution in [0.2, 0.25) is 0 Å². The summed E-state index contributed by atoms with van der Waals surface area (Å²) in [5.41, 5.74) is 18.9. The first-order valence-corrected chi connectivity index (χ1v) is 3.94. The largest absolute Gasteiger partial charge is 0.398 e. The van der Waals surface area contributed by atoms with Crippen LogP contribution in [0.1, 0.15) is 0 Å². The highest BCUT2D eigenvalue weighted by molar-refractivity contribution is 6.05. The fraction of sp³-hybridized carbons (Fsp3) is 0. The number of nitrogen functional groups attached to an aromatic ring is 3. The summed E-state index contributed by atoms with van der Waals surface area (Å²) in [4.78, 5) is 0. The Bertz CT molecular complexity index is 463. The van der Waals surface area contributed by atoms with E-state index in [1.54, 1.807) is 12.1 Å². The number of hydrogen-bond donors (Lipinski definition) is 3. The lowest BCUT2D eigenvalue weighted by Crippen LogP contribution is -1.97. The standard InChI is InChI=1S/C10H10N3/c11-7-3-1-2-6-4-5-8(12)10(13)9(6)7/h1-3,5H,11-13H2. The monoisotopic (exact) mass is 172 g/mol. The number of hydrogen-bond acceptors (Lipinski definition) is 3. The van der Waals surface area contributed by atoms with Crippen molar-refractivity contribution < 1.29 is 0 Å². The van der Waals surface area contributed by atoms with Gasteiger partial charge in [-0.05, 0) is 23.6 Å². The maximum absolute atomic E-state index is 5.79. The van der Waals surface area contributed by atoms with Crippen LogP contribution >= 0.6 is 0 Å². The zero-order chi connectivity index (χ0) is 9.42. The van der Waals surface area contributed by atoms with Crippen LogP contribution in [-0.2, 0) is 0 Å². The molecule has 65 valence electrons. The van der Waals surface area contributed by atoms with E-state index in [9.17, 15) is 0 Å². The van der Waals surface area contributed by atoms with Gasteiger partial charge in [0.25, 0.3) is 0 Å². The van der Waals surface area contributed by atoms with Crippen molar-refractivity contribution in [2.75, 3.05) is 17.2 Å². The smallest absolute Gasteiger partial charge is 0.0648 e. The molecule has 13 heavy (non-hydrogen) atoms. The van der Waals surface area contributed by atoms with Crippen LogP contribution in [0.15, 0.2) is 24.3 Å². The number of fused-ring (bicyclic) bond motifs is 1. The first-order chi connectivity index (χ1) is 6.20. The Morgan fingerprint density at radius 2 is 1.77 bits per heavy atom. The lowest BCUT2D eigenvalue weighted by Gasteiger charge is -2.06. The second-order valence-electron chi connectivity index (χ2n) is 2.93.